The molecule has 0 nitrogen and oxygen atoms in total. The van der Waals surface area contributed by atoms with E-state index in [0.717, 1.165) is 0 Å². The first kappa shape index (κ1) is 32.0. The molecule has 0 fully saturated rings. The molecule has 0 spiro atoms. The van der Waals surface area contributed by atoms with Crippen molar-refractivity contribution in [3.8, 4) is 0 Å². The average molecular weight is 256 g/mol. The molecule has 0 heterocycles. The summed E-state index contributed by atoms with van der Waals surface area (Å²) >= 11 is 0. The van der Waals surface area contributed by atoms with Crippen LogP contribution in [-0.2, 0) is 77.4 Å². The second-order valence-corrected chi connectivity index (χ2v) is 0. The monoisotopic (exact) mass is 255 g/mol. The van der Waals surface area contributed by atoms with Crippen molar-refractivity contribution in [2.24, 2.45) is 0 Å². The summed E-state index contributed by atoms with van der Waals surface area (Å²) in [6, 6.07) is 0. The summed E-state index contributed by atoms with van der Waals surface area (Å²) in [5.41, 5.74) is 0. The summed E-state index contributed by atoms with van der Waals surface area (Å²) in [6.45, 7) is 0. The minimum atomic E-state index is 0. The van der Waals surface area contributed by atoms with Crippen LogP contribution in [0.1, 0.15) is 0 Å². The first-order valence-corrected chi connectivity index (χ1v) is 0. The summed E-state index contributed by atoms with van der Waals surface area (Å²) in [4.78, 5) is 0. The number of hydrogen-bond donors (Lipinski definition) is 0. The van der Waals surface area contributed by atoms with E-state index in [-0.39, 0.29) is 77.4 Å². The Bertz CT molecular complexity index is 3.25. The van der Waals surface area contributed by atoms with E-state index < -0.39 is 0 Å². The fourth-order valence-electron chi connectivity index (χ4n) is 0. The van der Waals surface area contributed by atoms with E-state index in [0.29, 0.717) is 0 Å². The smallest absolute Gasteiger partial charge is 0 e. The van der Waals surface area contributed by atoms with Crippen LogP contribution in [0.2, 0.25) is 0 Å². The van der Waals surface area contributed by atoms with Gasteiger partial charge in [-0.2, -0.15) is 0 Å². The quantitative estimate of drug-likeness (QED) is 0.535. The first-order valence-electron chi connectivity index (χ1n) is 0. The summed E-state index contributed by atoms with van der Waals surface area (Å²) in [7, 11) is 0. The van der Waals surface area contributed by atoms with Gasteiger partial charge in [-0.15, -0.1) is 0 Å². The van der Waals surface area contributed by atoms with Gasteiger partial charge in [0.2, 0.25) is 0 Å². The predicted octanol–water partition coefficient (Wildman–Crippen LogP) is -0.0100. The minimum Gasteiger partial charge on any atom is 0 e. The Labute approximate surface area is 76.4 Å². The summed E-state index contributed by atoms with van der Waals surface area (Å²) in [6.07, 6.45) is 0. The largest absolute Gasteiger partial charge is 0 e. The Kier molecular flexibility index (Phi) is 144. The number of hydrogen-bond acceptors (Lipinski definition) is 0. The van der Waals surface area contributed by atoms with Crippen molar-refractivity contribution in [2.75, 3.05) is 0 Å². The van der Waals surface area contributed by atoms with Crippen LogP contribution in [0.3, 0.4) is 0 Å². The Morgan fingerprint density at radius 3 is 0.500 bits per heavy atom. The van der Waals surface area contributed by atoms with Crippen molar-refractivity contribution in [3.63, 3.8) is 0 Å². The van der Waals surface area contributed by atoms with Crippen molar-refractivity contribution in [1.82, 2.24) is 0 Å². The standard InChI is InChI=1S/3Mn.Zr. The molecule has 0 rings (SSSR count). The molecular formula is Mn3Zr. The molecule has 0 amide bonds. The van der Waals surface area contributed by atoms with Gasteiger partial charge in [-0.1, -0.05) is 0 Å². The fraction of sp³-hybridized carbons (Fsp3) is 0. The zero-order valence-electron chi connectivity index (χ0n) is 1.63. The van der Waals surface area contributed by atoms with E-state index in [4.69, 9.17) is 0 Å². The molecule has 4 heteroatoms. The van der Waals surface area contributed by atoms with Crippen LogP contribution in [0, 0.1) is 0 Å². The van der Waals surface area contributed by atoms with Gasteiger partial charge in [0.1, 0.15) is 0 Å². The normalized spacial score (nSPS) is 0. The van der Waals surface area contributed by atoms with Gasteiger partial charge in [0.15, 0.2) is 0 Å². The maximum Gasteiger partial charge on any atom is 0 e. The van der Waals surface area contributed by atoms with Crippen molar-refractivity contribution in [2.45, 2.75) is 0 Å². The molecular weight excluding hydrogens is 256 g/mol. The van der Waals surface area contributed by atoms with Crippen molar-refractivity contribution in [3.05, 3.63) is 0 Å². The minimum absolute atomic E-state index is 0. The van der Waals surface area contributed by atoms with E-state index in [9.17, 15) is 0 Å². The van der Waals surface area contributed by atoms with Gasteiger partial charge in [0, 0.05) is 77.4 Å². The summed E-state index contributed by atoms with van der Waals surface area (Å²) < 4.78 is 0. The molecule has 0 N–H and O–H groups in total. The Morgan fingerprint density at radius 1 is 0.500 bits per heavy atom. The van der Waals surface area contributed by atoms with E-state index in [2.05, 4.69) is 0 Å². The maximum absolute atomic E-state index is 0. The molecule has 25 valence electrons. The molecule has 4 heavy (non-hydrogen) atoms. The van der Waals surface area contributed by atoms with Crippen LogP contribution in [0.4, 0.5) is 0 Å². The van der Waals surface area contributed by atoms with E-state index in [1.165, 1.54) is 0 Å². The fourth-order valence-corrected chi connectivity index (χ4v) is 0. The summed E-state index contributed by atoms with van der Waals surface area (Å²) in [5.74, 6) is 0. The van der Waals surface area contributed by atoms with Gasteiger partial charge in [-0.05, 0) is 0 Å². The van der Waals surface area contributed by atoms with Crippen LogP contribution in [0.15, 0.2) is 0 Å². The third-order valence-electron chi connectivity index (χ3n) is 0. The third-order valence-corrected chi connectivity index (χ3v) is 0. The second kappa shape index (κ2) is 18.0. The molecule has 0 aromatic rings. The van der Waals surface area contributed by atoms with Gasteiger partial charge < -0.3 is 0 Å². The molecule has 0 atom stereocenters. The molecule has 3 radical (unpaired) electrons. The zero-order chi connectivity index (χ0) is 0. The Hall–Kier alpha value is 2.44. The van der Waals surface area contributed by atoms with Crippen LogP contribution in [0.5, 0.6) is 0 Å². The van der Waals surface area contributed by atoms with Crippen LogP contribution >= 0.6 is 0 Å². The maximum atomic E-state index is 0. The molecule has 0 aromatic heterocycles. The van der Waals surface area contributed by atoms with Crippen molar-refractivity contribution < 1.29 is 77.4 Å². The van der Waals surface area contributed by atoms with Gasteiger partial charge >= 0.3 is 0 Å². The van der Waals surface area contributed by atoms with Gasteiger partial charge in [0.05, 0.1) is 0 Å². The topological polar surface area (TPSA) is 0 Å². The van der Waals surface area contributed by atoms with E-state index in [1.807, 2.05) is 0 Å². The molecule has 0 unspecified atom stereocenters. The molecule has 0 aliphatic carbocycles. The van der Waals surface area contributed by atoms with E-state index >= 15 is 0 Å². The predicted molar refractivity (Wildman–Crippen MR) is 0 cm³/mol. The van der Waals surface area contributed by atoms with Gasteiger partial charge in [-0.3, -0.25) is 0 Å². The second-order valence-electron chi connectivity index (χ2n) is 0. The molecule has 0 aromatic carbocycles. The molecule has 0 bridgehead atoms. The zero-order valence-corrected chi connectivity index (χ0v) is 7.63. The average Bonchev–Trinajstić information content (AvgIpc) is 0. The van der Waals surface area contributed by atoms with Crippen LogP contribution in [-0.4, -0.2) is 0 Å². The van der Waals surface area contributed by atoms with Gasteiger partial charge in [0.25, 0.3) is 0 Å². The summed E-state index contributed by atoms with van der Waals surface area (Å²) in [5, 5.41) is 0. The van der Waals surface area contributed by atoms with Crippen molar-refractivity contribution in [1.29, 1.82) is 0 Å². The Balaban J connectivity index is 0. The Morgan fingerprint density at radius 2 is 0.500 bits per heavy atom. The molecule has 0 saturated carbocycles. The number of rotatable bonds is 0. The van der Waals surface area contributed by atoms with Crippen LogP contribution < -0.4 is 0 Å². The van der Waals surface area contributed by atoms with Gasteiger partial charge in [-0.25, -0.2) is 0 Å². The molecule has 0 aliphatic heterocycles. The first-order chi connectivity index (χ1) is 0. The third kappa shape index (κ3) is 8.82. The molecule has 0 saturated heterocycles. The SMILES string of the molecule is [Mn].[Mn].[Mn].[Zr]. The van der Waals surface area contributed by atoms with E-state index in [1.54, 1.807) is 0 Å². The van der Waals surface area contributed by atoms with Crippen LogP contribution in [0.25, 0.3) is 0 Å². The van der Waals surface area contributed by atoms with Crippen molar-refractivity contribution >= 4 is 0 Å². The molecule has 0 aliphatic rings.